The lowest BCUT2D eigenvalue weighted by atomic mass is 10.1. The first-order chi connectivity index (χ1) is 11.2. The third-order valence-electron chi connectivity index (χ3n) is 5.27. The van der Waals surface area contributed by atoms with Crippen LogP contribution in [0.15, 0.2) is 48.5 Å². The number of hydrogen-bond donors (Lipinski definition) is 0. The first-order valence-corrected chi connectivity index (χ1v) is 8.52. The number of anilines is 1. The van der Waals surface area contributed by atoms with Gasteiger partial charge in [-0.05, 0) is 42.7 Å². The van der Waals surface area contributed by atoms with Gasteiger partial charge in [-0.25, -0.2) is 4.39 Å². The maximum absolute atomic E-state index is 13.3. The summed E-state index contributed by atoms with van der Waals surface area (Å²) >= 11 is 0. The van der Waals surface area contributed by atoms with Crippen molar-refractivity contribution in [2.75, 3.05) is 31.1 Å². The van der Waals surface area contributed by atoms with E-state index in [4.69, 9.17) is 0 Å². The molecule has 0 radical (unpaired) electrons. The highest BCUT2D eigenvalue weighted by molar-refractivity contribution is 5.53. The van der Waals surface area contributed by atoms with Gasteiger partial charge in [-0.15, -0.1) is 0 Å². The van der Waals surface area contributed by atoms with Crippen LogP contribution in [-0.2, 0) is 0 Å². The van der Waals surface area contributed by atoms with Crippen molar-refractivity contribution in [3.8, 4) is 0 Å². The molecule has 0 aromatic heterocycles. The van der Waals surface area contributed by atoms with Gasteiger partial charge < -0.3 is 4.90 Å². The molecule has 2 atom stereocenters. The average Bonchev–Trinajstić information content (AvgIpc) is 3.37. The number of aryl methyl sites for hydroxylation is 1. The fraction of sp³-hybridized carbons (Fsp3) is 0.400. The molecular formula is C20H23FN2. The predicted molar refractivity (Wildman–Crippen MR) is 92.5 cm³/mol. The molecule has 2 aromatic carbocycles. The molecule has 0 spiro atoms. The van der Waals surface area contributed by atoms with Gasteiger partial charge in [-0.3, -0.25) is 4.90 Å². The van der Waals surface area contributed by atoms with Gasteiger partial charge in [0.1, 0.15) is 5.82 Å². The van der Waals surface area contributed by atoms with Crippen molar-refractivity contribution in [1.82, 2.24) is 4.90 Å². The van der Waals surface area contributed by atoms with E-state index < -0.39 is 0 Å². The molecule has 1 saturated heterocycles. The van der Waals surface area contributed by atoms with Gasteiger partial charge in [0.15, 0.2) is 0 Å². The third kappa shape index (κ3) is 2.98. The monoisotopic (exact) mass is 310 g/mol. The van der Waals surface area contributed by atoms with Gasteiger partial charge in [-0.1, -0.05) is 30.3 Å². The van der Waals surface area contributed by atoms with Gasteiger partial charge in [-0.2, -0.15) is 0 Å². The van der Waals surface area contributed by atoms with Crippen molar-refractivity contribution in [1.29, 1.82) is 0 Å². The van der Waals surface area contributed by atoms with Crippen molar-refractivity contribution in [2.45, 2.75) is 25.3 Å². The second kappa shape index (κ2) is 5.97. The van der Waals surface area contributed by atoms with Gasteiger partial charge in [0, 0.05) is 43.8 Å². The lowest BCUT2D eigenvalue weighted by Gasteiger charge is -2.37. The molecule has 4 rings (SSSR count). The van der Waals surface area contributed by atoms with Crippen molar-refractivity contribution in [2.24, 2.45) is 0 Å². The molecule has 0 unspecified atom stereocenters. The summed E-state index contributed by atoms with van der Waals surface area (Å²) in [4.78, 5) is 5.03. The Morgan fingerprint density at radius 2 is 1.70 bits per heavy atom. The quantitative estimate of drug-likeness (QED) is 0.850. The molecule has 1 heterocycles. The Hall–Kier alpha value is -1.87. The summed E-state index contributed by atoms with van der Waals surface area (Å²) in [5, 5.41) is 0. The molecule has 1 saturated carbocycles. The zero-order valence-corrected chi connectivity index (χ0v) is 13.6. The summed E-state index contributed by atoms with van der Waals surface area (Å²) < 4.78 is 13.3. The third-order valence-corrected chi connectivity index (χ3v) is 5.27. The summed E-state index contributed by atoms with van der Waals surface area (Å²) in [6, 6.07) is 16.7. The van der Waals surface area contributed by atoms with E-state index in [1.807, 2.05) is 13.0 Å². The highest BCUT2D eigenvalue weighted by atomic mass is 19.1. The Morgan fingerprint density at radius 3 is 2.39 bits per heavy atom. The van der Waals surface area contributed by atoms with E-state index in [2.05, 4.69) is 40.1 Å². The fourth-order valence-electron chi connectivity index (χ4n) is 3.91. The van der Waals surface area contributed by atoms with Crippen molar-refractivity contribution in [3.05, 3.63) is 65.5 Å². The number of benzene rings is 2. The number of hydrogen-bond acceptors (Lipinski definition) is 2. The second-order valence-corrected chi connectivity index (χ2v) is 6.77. The molecule has 2 nitrogen and oxygen atoms in total. The van der Waals surface area contributed by atoms with Crippen LogP contribution in [0.3, 0.4) is 0 Å². The zero-order valence-electron chi connectivity index (χ0n) is 13.6. The first-order valence-electron chi connectivity index (χ1n) is 8.52. The SMILES string of the molecule is Cc1cc(F)ccc1N1CCN([C@H]2C[C@@H]2c2ccccc2)CC1. The second-order valence-electron chi connectivity index (χ2n) is 6.77. The van der Waals surface area contributed by atoms with Crippen molar-refractivity contribution >= 4 is 5.69 Å². The van der Waals surface area contributed by atoms with E-state index in [0.717, 1.165) is 37.7 Å². The van der Waals surface area contributed by atoms with E-state index in [9.17, 15) is 4.39 Å². The molecule has 120 valence electrons. The molecule has 3 heteroatoms. The number of nitrogens with zero attached hydrogens (tertiary/aromatic N) is 2. The molecule has 0 bridgehead atoms. The Bertz CT molecular complexity index is 677. The van der Waals surface area contributed by atoms with Gasteiger partial charge in [0.25, 0.3) is 0 Å². The van der Waals surface area contributed by atoms with Crippen molar-refractivity contribution in [3.63, 3.8) is 0 Å². The van der Waals surface area contributed by atoms with Gasteiger partial charge >= 0.3 is 0 Å². The van der Waals surface area contributed by atoms with E-state index >= 15 is 0 Å². The van der Waals surface area contributed by atoms with Gasteiger partial charge in [0.2, 0.25) is 0 Å². The molecule has 1 aliphatic heterocycles. The largest absolute Gasteiger partial charge is 0.369 e. The van der Waals surface area contributed by atoms with Gasteiger partial charge in [0.05, 0.1) is 0 Å². The van der Waals surface area contributed by atoms with Crippen LogP contribution >= 0.6 is 0 Å². The highest BCUT2D eigenvalue weighted by Gasteiger charge is 2.43. The van der Waals surface area contributed by atoms with Crippen molar-refractivity contribution < 1.29 is 4.39 Å². The number of halogens is 1. The Labute approximate surface area is 137 Å². The van der Waals surface area contributed by atoms with Crippen LogP contribution in [-0.4, -0.2) is 37.1 Å². The smallest absolute Gasteiger partial charge is 0.123 e. The molecule has 2 aromatic rings. The van der Waals surface area contributed by atoms with E-state index in [1.54, 1.807) is 12.1 Å². The summed E-state index contributed by atoms with van der Waals surface area (Å²) in [7, 11) is 0. The molecule has 2 fully saturated rings. The number of rotatable bonds is 3. The predicted octanol–water partition coefficient (Wildman–Crippen LogP) is 3.81. The molecule has 23 heavy (non-hydrogen) atoms. The standard InChI is InChI=1S/C20H23FN2/c1-15-13-17(21)7-8-19(15)22-9-11-23(12-10-22)20-14-18(20)16-5-3-2-4-6-16/h2-8,13,18,20H,9-12,14H2,1H3/t18-,20+/m1/s1. The minimum absolute atomic E-state index is 0.145. The fourth-order valence-corrected chi connectivity index (χ4v) is 3.91. The summed E-state index contributed by atoms with van der Waals surface area (Å²) in [5.41, 5.74) is 3.70. The average molecular weight is 310 g/mol. The summed E-state index contributed by atoms with van der Waals surface area (Å²) in [6.07, 6.45) is 1.29. The minimum Gasteiger partial charge on any atom is -0.369 e. The van der Waals surface area contributed by atoms with E-state index in [1.165, 1.54) is 17.7 Å². The number of piperazine rings is 1. The summed E-state index contributed by atoms with van der Waals surface area (Å²) in [6.45, 7) is 6.27. The Morgan fingerprint density at radius 1 is 0.957 bits per heavy atom. The minimum atomic E-state index is -0.145. The zero-order chi connectivity index (χ0) is 15.8. The maximum atomic E-state index is 13.3. The Balaban J connectivity index is 1.37. The molecule has 1 aliphatic carbocycles. The van der Waals surface area contributed by atoms with E-state index in [0.29, 0.717) is 6.04 Å². The van der Waals surface area contributed by atoms with Crippen LogP contribution in [0.1, 0.15) is 23.5 Å². The highest BCUT2D eigenvalue weighted by Crippen LogP contribution is 2.44. The lowest BCUT2D eigenvalue weighted by Crippen LogP contribution is -2.47. The van der Waals surface area contributed by atoms with Crippen LogP contribution in [0.4, 0.5) is 10.1 Å². The summed E-state index contributed by atoms with van der Waals surface area (Å²) in [5.74, 6) is 0.573. The topological polar surface area (TPSA) is 6.48 Å². The Kier molecular flexibility index (Phi) is 3.82. The van der Waals surface area contributed by atoms with Crippen LogP contribution in [0.5, 0.6) is 0 Å². The van der Waals surface area contributed by atoms with Crippen LogP contribution in [0.2, 0.25) is 0 Å². The molecule has 2 aliphatic rings. The van der Waals surface area contributed by atoms with Crippen LogP contribution in [0, 0.1) is 12.7 Å². The molecular weight excluding hydrogens is 287 g/mol. The molecule has 0 N–H and O–H groups in total. The van der Waals surface area contributed by atoms with Crippen LogP contribution in [0.25, 0.3) is 0 Å². The van der Waals surface area contributed by atoms with E-state index in [-0.39, 0.29) is 5.82 Å². The maximum Gasteiger partial charge on any atom is 0.123 e. The molecule has 0 amide bonds. The lowest BCUT2D eigenvalue weighted by molar-refractivity contribution is 0.244. The first kappa shape index (κ1) is 14.7. The van der Waals surface area contributed by atoms with Crippen LogP contribution < -0.4 is 4.90 Å². The normalized spacial score (nSPS) is 24.7.